The Labute approximate surface area is 333 Å². The molecule has 0 bridgehead atoms. The van der Waals surface area contributed by atoms with Gasteiger partial charge >= 0.3 is 6.09 Å². The van der Waals surface area contributed by atoms with Crippen molar-refractivity contribution >= 4 is 46.1 Å². The fourth-order valence-electron chi connectivity index (χ4n) is 8.27. The zero-order chi connectivity index (χ0) is 40.2. The van der Waals surface area contributed by atoms with E-state index in [9.17, 15) is 14.4 Å². The number of ether oxygens (including phenoxy) is 2. The van der Waals surface area contributed by atoms with Crippen LogP contribution in [0.4, 0.5) is 4.79 Å². The lowest BCUT2D eigenvalue weighted by atomic mass is 9.98. The first kappa shape index (κ1) is 39.5. The minimum Gasteiger partial charge on any atom is -0.487 e. The summed E-state index contributed by atoms with van der Waals surface area (Å²) in [5.74, 6) is 1.45. The molecule has 3 N–H and O–H groups in total. The van der Waals surface area contributed by atoms with Crippen LogP contribution in [0.5, 0.6) is 0 Å². The highest BCUT2D eigenvalue weighted by Gasteiger charge is 2.38. The highest BCUT2D eigenvalue weighted by Crippen LogP contribution is 2.35. The molecule has 3 aromatic carbocycles. The summed E-state index contributed by atoms with van der Waals surface area (Å²) in [5, 5.41) is 5.04. The number of benzene rings is 3. The van der Waals surface area contributed by atoms with Gasteiger partial charge < -0.3 is 34.6 Å². The van der Waals surface area contributed by atoms with Gasteiger partial charge in [0.25, 0.3) is 0 Å². The molecule has 2 aliphatic heterocycles. The van der Waals surface area contributed by atoms with E-state index in [2.05, 4.69) is 74.9 Å². The molecule has 300 valence electrons. The number of imidazole rings is 2. The minimum atomic E-state index is -0.664. The van der Waals surface area contributed by atoms with E-state index in [-0.39, 0.29) is 35.7 Å². The molecular weight excluding hydrogens is 721 g/mol. The molecule has 2 fully saturated rings. The third-order valence-electron chi connectivity index (χ3n) is 11.4. The van der Waals surface area contributed by atoms with E-state index >= 15 is 0 Å². The maximum Gasteiger partial charge on any atom is 0.407 e. The molecule has 2 aliphatic rings. The van der Waals surface area contributed by atoms with E-state index in [0.717, 1.165) is 83.4 Å². The molecule has 0 radical (unpaired) electrons. The van der Waals surface area contributed by atoms with Crippen LogP contribution in [0.2, 0.25) is 0 Å². The fraction of sp³-hybridized carbons (Fsp3) is 0.455. The number of likely N-dealkylation sites (tertiary alicyclic amines) is 2. The molecule has 3 amide bonds. The minimum absolute atomic E-state index is 0.00500. The summed E-state index contributed by atoms with van der Waals surface area (Å²) in [7, 11) is 2.84. The number of H-pyrrole nitrogens is 2. The molecule has 2 aromatic heterocycles. The van der Waals surface area contributed by atoms with Crippen LogP contribution in [-0.4, -0.2) is 93.4 Å². The van der Waals surface area contributed by atoms with Crippen LogP contribution in [0.25, 0.3) is 32.9 Å². The van der Waals surface area contributed by atoms with E-state index in [4.69, 9.17) is 19.4 Å². The van der Waals surface area contributed by atoms with Crippen molar-refractivity contribution in [2.75, 3.05) is 27.3 Å². The summed E-state index contributed by atoms with van der Waals surface area (Å²) < 4.78 is 9.79. The zero-order valence-electron chi connectivity index (χ0n) is 33.7. The first-order valence-corrected chi connectivity index (χ1v) is 20.1. The molecule has 4 atom stereocenters. The molecule has 0 spiro atoms. The topological polar surface area (TPSA) is 158 Å². The van der Waals surface area contributed by atoms with Gasteiger partial charge in [-0.05, 0) is 96.0 Å². The molecule has 5 aromatic rings. The van der Waals surface area contributed by atoms with Crippen molar-refractivity contribution in [3.63, 3.8) is 0 Å². The van der Waals surface area contributed by atoms with Crippen LogP contribution in [0.1, 0.15) is 88.4 Å². The Morgan fingerprint density at radius 3 is 2.25 bits per heavy atom. The van der Waals surface area contributed by atoms with Gasteiger partial charge in [-0.1, -0.05) is 64.1 Å². The molecule has 4 heterocycles. The second kappa shape index (κ2) is 17.2. The molecule has 7 rings (SSSR count). The average Bonchev–Trinajstić information content (AvgIpc) is 4.04. The van der Waals surface area contributed by atoms with Gasteiger partial charge in [-0.25, -0.2) is 19.8 Å². The average molecular weight is 775 g/mol. The number of alkyl carbamates (subject to hydrolysis) is 1. The number of carbonyl (C=O) groups excluding carboxylic acids is 3. The number of fused-ring (bicyclic) bond motifs is 2. The maximum absolute atomic E-state index is 13.6. The SMILES string of the molecule is CO/C=N/[C@H](C(=O)N1CCC[C@H]1c1nc2cc(-c3ccc4cc(CCc5c[nH]c([C@@H]6CCCN6C(=O)[C@@H](NC(=O)OC)C(C)C)n5)ccc4c3)ccc2[nH]1)C(C)C. The molecule has 2 saturated heterocycles. The highest BCUT2D eigenvalue weighted by molar-refractivity contribution is 5.90. The number of rotatable bonds is 13. The molecule has 13 nitrogen and oxygen atoms in total. The number of aryl methyl sites for hydroxylation is 2. The predicted molar refractivity (Wildman–Crippen MR) is 221 cm³/mol. The van der Waals surface area contributed by atoms with Crippen molar-refractivity contribution in [3.05, 3.63) is 83.7 Å². The number of hydrogen-bond acceptors (Lipinski definition) is 8. The second-order valence-electron chi connectivity index (χ2n) is 15.9. The smallest absolute Gasteiger partial charge is 0.407 e. The standard InChI is InChI=1S/C44H54N8O5/c1-26(2)38(46-25-56-5)42(53)52-20-8-10-37(52)41-48-34-18-16-32(23-35(34)49-41)31-15-14-29-21-28(11-13-30(29)22-31)12-17-33-24-45-40(47-33)36-9-7-19-51(36)43(54)39(27(3)4)50-44(55)57-6/h11,13-16,18,21-27,36-39H,7-10,12,17,19-20H2,1-6H3,(H,45,47)(H,48,49)(H,50,55)/b46-25+/t36-,37-,38-,39-/m0/s1. The Morgan fingerprint density at radius 1 is 0.842 bits per heavy atom. The van der Waals surface area contributed by atoms with Crippen LogP contribution in [-0.2, 0) is 31.9 Å². The summed E-state index contributed by atoms with van der Waals surface area (Å²) in [4.78, 5) is 64.0. The third-order valence-corrected chi connectivity index (χ3v) is 11.4. The van der Waals surface area contributed by atoms with Gasteiger partial charge in [0.15, 0.2) is 6.40 Å². The van der Waals surface area contributed by atoms with E-state index in [1.165, 1.54) is 31.6 Å². The monoisotopic (exact) mass is 774 g/mol. The van der Waals surface area contributed by atoms with Gasteiger partial charge in [0, 0.05) is 19.3 Å². The third kappa shape index (κ3) is 8.52. The van der Waals surface area contributed by atoms with Crippen molar-refractivity contribution < 1.29 is 23.9 Å². The number of aromatic amines is 2. The number of aliphatic imine (C=N–C) groups is 1. The fourth-order valence-corrected chi connectivity index (χ4v) is 8.27. The van der Waals surface area contributed by atoms with E-state index in [1.807, 2.05) is 43.7 Å². The van der Waals surface area contributed by atoms with Gasteiger partial charge in [-0.3, -0.25) is 9.59 Å². The maximum atomic E-state index is 13.6. The zero-order valence-corrected chi connectivity index (χ0v) is 33.7. The van der Waals surface area contributed by atoms with E-state index in [0.29, 0.717) is 13.1 Å². The summed E-state index contributed by atoms with van der Waals surface area (Å²) in [6, 6.07) is 18.0. The first-order chi connectivity index (χ1) is 27.5. The van der Waals surface area contributed by atoms with Gasteiger partial charge in [0.1, 0.15) is 23.7 Å². The first-order valence-electron chi connectivity index (χ1n) is 20.1. The number of nitrogens with one attached hydrogen (secondary N) is 3. The number of nitrogens with zero attached hydrogens (tertiary/aromatic N) is 5. The number of amides is 3. The number of methoxy groups -OCH3 is 2. The molecule has 13 heteroatoms. The quantitative estimate of drug-likeness (QED) is 0.0837. The Balaban J connectivity index is 1.00. The van der Waals surface area contributed by atoms with Crippen molar-refractivity contribution in [2.45, 2.75) is 90.4 Å². The van der Waals surface area contributed by atoms with Crippen LogP contribution in [0.3, 0.4) is 0 Å². The van der Waals surface area contributed by atoms with Gasteiger partial charge in [0.05, 0.1) is 43.0 Å². The van der Waals surface area contributed by atoms with Crippen LogP contribution < -0.4 is 5.32 Å². The number of hydrogen-bond donors (Lipinski definition) is 3. The number of aromatic nitrogens is 4. The second-order valence-corrected chi connectivity index (χ2v) is 15.9. The predicted octanol–water partition coefficient (Wildman–Crippen LogP) is 7.30. The lowest BCUT2D eigenvalue weighted by molar-refractivity contribution is -0.136. The lowest BCUT2D eigenvalue weighted by Crippen LogP contribution is -2.51. The van der Waals surface area contributed by atoms with Crippen molar-refractivity contribution in [1.29, 1.82) is 0 Å². The van der Waals surface area contributed by atoms with Gasteiger partial charge in [0.2, 0.25) is 11.8 Å². The highest BCUT2D eigenvalue weighted by atomic mass is 16.5. The summed E-state index contributed by atoms with van der Waals surface area (Å²) in [6.45, 7) is 9.14. The summed E-state index contributed by atoms with van der Waals surface area (Å²) in [5.41, 5.74) is 6.19. The van der Waals surface area contributed by atoms with Crippen molar-refractivity contribution in [3.8, 4) is 11.1 Å². The van der Waals surface area contributed by atoms with Crippen molar-refractivity contribution in [2.24, 2.45) is 16.8 Å². The van der Waals surface area contributed by atoms with Crippen LogP contribution in [0.15, 0.2) is 65.8 Å². The summed E-state index contributed by atoms with van der Waals surface area (Å²) in [6.07, 6.45) is 7.75. The van der Waals surface area contributed by atoms with Crippen molar-refractivity contribution in [1.82, 2.24) is 35.1 Å². The Kier molecular flexibility index (Phi) is 11.9. The molecule has 0 saturated carbocycles. The largest absolute Gasteiger partial charge is 0.487 e. The van der Waals surface area contributed by atoms with Crippen LogP contribution >= 0.6 is 0 Å². The van der Waals surface area contributed by atoms with E-state index < -0.39 is 18.2 Å². The Bertz CT molecular complexity index is 2260. The van der Waals surface area contributed by atoms with Gasteiger partial charge in [-0.2, -0.15) is 0 Å². The van der Waals surface area contributed by atoms with E-state index in [1.54, 1.807) is 0 Å². The molecule has 0 unspecified atom stereocenters. The lowest BCUT2D eigenvalue weighted by Gasteiger charge is -2.29. The molecule has 0 aliphatic carbocycles. The Morgan fingerprint density at radius 2 is 1.53 bits per heavy atom. The number of carbonyl (C=O) groups is 3. The van der Waals surface area contributed by atoms with Crippen LogP contribution in [0, 0.1) is 11.8 Å². The van der Waals surface area contributed by atoms with Gasteiger partial charge in [-0.15, -0.1) is 0 Å². The summed E-state index contributed by atoms with van der Waals surface area (Å²) >= 11 is 0. The molecule has 57 heavy (non-hydrogen) atoms. The molecular formula is C44H54N8O5. The Hall–Kier alpha value is -5.72. The normalized spacial score (nSPS) is 18.3.